The Kier molecular flexibility index (Phi) is 4.72. The van der Waals surface area contributed by atoms with Crippen LogP contribution < -0.4 is 5.56 Å². The number of rotatable bonds is 4. The van der Waals surface area contributed by atoms with Gasteiger partial charge in [0, 0.05) is 37.5 Å². The molecule has 0 bridgehead atoms. The van der Waals surface area contributed by atoms with Gasteiger partial charge in [-0.1, -0.05) is 12.1 Å². The van der Waals surface area contributed by atoms with Crippen molar-refractivity contribution in [3.8, 4) is 10.7 Å². The topological polar surface area (TPSA) is 61.9 Å². The number of likely N-dealkylation sites (tertiary alicyclic amines) is 1. The van der Waals surface area contributed by atoms with Crippen LogP contribution >= 0.6 is 11.3 Å². The summed E-state index contributed by atoms with van der Waals surface area (Å²) in [6.45, 7) is 2.90. The van der Waals surface area contributed by atoms with Gasteiger partial charge >= 0.3 is 0 Å². The van der Waals surface area contributed by atoms with Gasteiger partial charge < -0.3 is 4.98 Å². The van der Waals surface area contributed by atoms with Gasteiger partial charge in [-0.3, -0.25) is 14.7 Å². The van der Waals surface area contributed by atoms with E-state index in [1.165, 1.54) is 5.56 Å². The van der Waals surface area contributed by atoms with Crippen LogP contribution in [0.5, 0.6) is 0 Å². The Labute approximate surface area is 150 Å². The SMILES string of the molecule is O=c1cc(C2CCCN(Cc3cccnc3)C2)nc(-c2cccs2)[nH]1. The second-order valence-corrected chi connectivity index (χ2v) is 7.38. The lowest BCUT2D eigenvalue weighted by molar-refractivity contribution is 0.198. The Morgan fingerprint density at radius 2 is 2.28 bits per heavy atom. The van der Waals surface area contributed by atoms with Crippen molar-refractivity contribution in [1.82, 2.24) is 19.9 Å². The molecule has 0 saturated carbocycles. The molecule has 1 aliphatic rings. The summed E-state index contributed by atoms with van der Waals surface area (Å²) in [6, 6.07) is 9.71. The number of nitrogens with zero attached hydrogens (tertiary/aromatic N) is 3. The van der Waals surface area contributed by atoms with Crippen molar-refractivity contribution in [3.63, 3.8) is 0 Å². The van der Waals surface area contributed by atoms with Crippen LogP contribution in [0.15, 0.2) is 52.9 Å². The van der Waals surface area contributed by atoms with Crippen molar-refractivity contribution >= 4 is 11.3 Å². The first-order valence-corrected chi connectivity index (χ1v) is 9.42. The zero-order chi connectivity index (χ0) is 17.1. The Morgan fingerprint density at radius 3 is 3.08 bits per heavy atom. The molecule has 5 nitrogen and oxygen atoms in total. The maximum atomic E-state index is 12.1. The molecule has 4 heterocycles. The van der Waals surface area contributed by atoms with Crippen LogP contribution in [-0.4, -0.2) is 32.9 Å². The van der Waals surface area contributed by atoms with Crippen LogP contribution in [-0.2, 0) is 6.54 Å². The summed E-state index contributed by atoms with van der Waals surface area (Å²) in [7, 11) is 0. The van der Waals surface area contributed by atoms with Crippen molar-refractivity contribution < 1.29 is 0 Å². The third kappa shape index (κ3) is 3.86. The van der Waals surface area contributed by atoms with Gasteiger partial charge in [-0.2, -0.15) is 0 Å². The molecular formula is C19H20N4OS. The average molecular weight is 352 g/mol. The standard InChI is InChI=1S/C19H20N4OS/c24-18-10-16(21-19(22-18)17-6-3-9-25-17)15-5-2-8-23(13-15)12-14-4-1-7-20-11-14/h1,3-4,6-7,9-11,15H,2,5,8,12-13H2,(H,21,22,24). The van der Waals surface area contributed by atoms with E-state index < -0.39 is 0 Å². The first-order chi connectivity index (χ1) is 12.3. The van der Waals surface area contributed by atoms with Gasteiger partial charge in [-0.05, 0) is 42.5 Å². The molecule has 1 fully saturated rings. The molecule has 1 atom stereocenters. The van der Waals surface area contributed by atoms with Gasteiger partial charge in [0.05, 0.1) is 10.6 Å². The third-order valence-corrected chi connectivity index (χ3v) is 5.45. The number of hydrogen-bond donors (Lipinski definition) is 1. The highest BCUT2D eigenvalue weighted by molar-refractivity contribution is 7.13. The van der Waals surface area contributed by atoms with Crippen LogP contribution in [0.25, 0.3) is 10.7 Å². The molecular weight excluding hydrogens is 332 g/mol. The maximum absolute atomic E-state index is 12.1. The van der Waals surface area contributed by atoms with E-state index in [0.29, 0.717) is 11.7 Å². The number of piperidine rings is 1. The fourth-order valence-electron chi connectivity index (χ4n) is 3.41. The molecule has 0 radical (unpaired) electrons. The molecule has 1 aliphatic heterocycles. The minimum Gasteiger partial charge on any atom is -0.306 e. The van der Waals surface area contributed by atoms with Crippen LogP contribution in [0.3, 0.4) is 0 Å². The molecule has 3 aromatic rings. The first-order valence-electron chi connectivity index (χ1n) is 8.54. The highest BCUT2D eigenvalue weighted by atomic mass is 32.1. The number of H-pyrrole nitrogens is 1. The fraction of sp³-hybridized carbons (Fsp3) is 0.316. The second kappa shape index (κ2) is 7.29. The van der Waals surface area contributed by atoms with E-state index in [4.69, 9.17) is 4.98 Å². The highest BCUT2D eigenvalue weighted by Crippen LogP contribution is 2.28. The minimum atomic E-state index is -0.0715. The summed E-state index contributed by atoms with van der Waals surface area (Å²) in [6.07, 6.45) is 5.91. The van der Waals surface area contributed by atoms with Crippen LogP contribution in [0.1, 0.15) is 30.0 Å². The molecule has 25 heavy (non-hydrogen) atoms. The number of nitrogens with one attached hydrogen (secondary N) is 1. The third-order valence-electron chi connectivity index (χ3n) is 4.57. The van der Waals surface area contributed by atoms with Gasteiger partial charge in [0.2, 0.25) is 0 Å². The van der Waals surface area contributed by atoms with E-state index in [0.717, 1.165) is 43.0 Å². The minimum absolute atomic E-state index is 0.0715. The van der Waals surface area contributed by atoms with Crippen molar-refractivity contribution in [2.75, 3.05) is 13.1 Å². The van der Waals surface area contributed by atoms with Crippen molar-refractivity contribution in [2.24, 2.45) is 0 Å². The van der Waals surface area contributed by atoms with Crippen molar-refractivity contribution in [1.29, 1.82) is 0 Å². The van der Waals surface area contributed by atoms with E-state index in [2.05, 4.69) is 20.9 Å². The van der Waals surface area contributed by atoms with Crippen LogP contribution in [0, 0.1) is 0 Å². The first kappa shape index (κ1) is 16.2. The molecule has 1 unspecified atom stereocenters. The number of hydrogen-bond acceptors (Lipinski definition) is 5. The van der Waals surface area contributed by atoms with Crippen molar-refractivity contribution in [2.45, 2.75) is 25.3 Å². The van der Waals surface area contributed by atoms with Crippen LogP contribution in [0.2, 0.25) is 0 Å². The second-order valence-electron chi connectivity index (χ2n) is 6.43. The molecule has 0 aromatic carbocycles. The van der Waals surface area contributed by atoms with Gasteiger partial charge in [-0.15, -0.1) is 11.3 Å². The van der Waals surface area contributed by atoms with Crippen LogP contribution in [0.4, 0.5) is 0 Å². The normalized spacial score (nSPS) is 18.3. The van der Waals surface area contributed by atoms with E-state index >= 15 is 0 Å². The summed E-state index contributed by atoms with van der Waals surface area (Å²) in [5.74, 6) is 0.980. The van der Waals surface area contributed by atoms with E-state index in [1.54, 1.807) is 23.6 Å². The lowest BCUT2D eigenvalue weighted by Gasteiger charge is -2.32. The van der Waals surface area contributed by atoms with Gasteiger partial charge in [0.1, 0.15) is 5.82 Å². The fourth-order valence-corrected chi connectivity index (χ4v) is 4.08. The quantitative estimate of drug-likeness (QED) is 0.783. The van der Waals surface area contributed by atoms with Gasteiger partial charge in [0.25, 0.3) is 5.56 Å². The number of aromatic nitrogens is 3. The van der Waals surface area contributed by atoms with E-state index in [9.17, 15) is 4.79 Å². The summed E-state index contributed by atoms with van der Waals surface area (Å²) in [5.41, 5.74) is 2.06. The summed E-state index contributed by atoms with van der Waals surface area (Å²) in [4.78, 5) is 27.4. The largest absolute Gasteiger partial charge is 0.306 e. The Bertz CT molecular complexity index is 876. The number of aromatic amines is 1. The van der Waals surface area contributed by atoms with Gasteiger partial charge in [-0.25, -0.2) is 4.98 Å². The van der Waals surface area contributed by atoms with Gasteiger partial charge in [0.15, 0.2) is 0 Å². The predicted octanol–water partition coefficient (Wildman–Crippen LogP) is 3.27. The zero-order valence-corrected chi connectivity index (χ0v) is 14.7. The Balaban J connectivity index is 1.54. The molecule has 1 N–H and O–H groups in total. The monoisotopic (exact) mass is 352 g/mol. The molecule has 4 rings (SSSR count). The molecule has 0 spiro atoms. The number of thiophene rings is 1. The number of pyridine rings is 1. The summed E-state index contributed by atoms with van der Waals surface area (Å²) < 4.78 is 0. The molecule has 0 amide bonds. The lowest BCUT2D eigenvalue weighted by Crippen LogP contribution is -2.34. The molecule has 1 saturated heterocycles. The predicted molar refractivity (Wildman–Crippen MR) is 99.7 cm³/mol. The summed E-state index contributed by atoms with van der Waals surface area (Å²) >= 11 is 1.59. The highest BCUT2D eigenvalue weighted by Gasteiger charge is 2.23. The Morgan fingerprint density at radius 1 is 1.32 bits per heavy atom. The maximum Gasteiger partial charge on any atom is 0.251 e. The molecule has 128 valence electrons. The molecule has 3 aromatic heterocycles. The average Bonchev–Trinajstić information content (AvgIpc) is 3.17. The Hall–Kier alpha value is -2.31. The van der Waals surface area contributed by atoms with E-state index in [-0.39, 0.29) is 5.56 Å². The molecule has 6 heteroatoms. The van der Waals surface area contributed by atoms with Crippen molar-refractivity contribution in [3.05, 3.63) is 69.7 Å². The zero-order valence-electron chi connectivity index (χ0n) is 13.9. The summed E-state index contributed by atoms with van der Waals surface area (Å²) in [5, 5.41) is 2.00. The lowest BCUT2D eigenvalue weighted by atomic mass is 9.94. The van der Waals surface area contributed by atoms with E-state index in [1.807, 2.05) is 29.8 Å². The molecule has 0 aliphatic carbocycles. The smallest absolute Gasteiger partial charge is 0.251 e.